The number of methoxy groups -OCH3 is 1. The van der Waals surface area contributed by atoms with E-state index in [0.717, 1.165) is 55.4 Å². The normalized spacial score (nSPS) is 16.8. The van der Waals surface area contributed by atoms with Gasteiger partial charge in [-0.2, -0.15) is 0 Å². The van der Waals surface area contributed by atoms with Crippen LogP contribution in [-0.4, -0.2) is 36.2 Å². The lowest BCUT2D eigenvalue weighted by molar-refractivity contribution is 0.405. The number of fused-ring (bicyclic) bond motifs is 2. The van der Waals surface area contributed by atoms with E-state index in [1.54, 1.807) is 7.11 Å². The fourth-order valence-electron chi connectivity index (χ4n) is 4.81. The second kappa shape index (κ2) is 8.23. The van der Waals surface area contributed by atoms with Gasteiger partial charge in [0.25, 0.3) is 0 Å². The predicted molar refractivity (Wildman–Crippen MR) is 121 cm³/mol. The quantitative estimate of drug-likeness (QED) is 0.693. The Hall–Kier alpha value is -2.66. The van der Waals surface area contributed by atoms with Gasteiger partial charge >= 0.3 is 0 Å². The molecule has 2 aromatic carbocycles. The molecule has 30 heavy (non-hydrogen) atoms. The number of benzene rings is 2. The molecule has 2 heterocycles. The Morgan fingerprint density at radius 3 is 2.67 bits per heavy atom. The number of nitrogens with zero attached hydrogens (tertiary/aromatic N) is 3. The minimum Gasteiger partial charge on any atom is -0.497 e. The lowest BCUT2D eigenvalue weighted by Gasteiger charge is -2.32. The number of nitrogens with one attached hydrogen (secondary N) is 1. The van der Waals surface area contributed by atoms with Crippen molar-refractivity contribution < 1.29 is 4.74 Å². The number of hydrogen-bond acceptors (Lipinski definition) is 5. The Morgan fingerprint density at radius 1 is 1.07 bits per heavy atom. The molecule has 1 aliphatic carbocycles. The molecular formula is C25H30N4O. The van der Waals surface area contributed by atoms with Crippen LogP contribution in [0.5, 0.6) is 5.75 Å². The zero-order valence-electron chi connectivity index (χ0n) is 17.9. The molecule has 5 nitrogen and oxygen atoms in total. The molecule has 1 saturated heterocycles. The van der Waals surface area contributed by atoms with Crippen molar-refractivity contribution >= 4 is 16.9 Å². The average molecular weight is 403 g/mol. The molecular weight excluding hydrogens is 372 g/mol. The highest BCUT2D eigenvalue weighted by Crippen LogP contribution is 2.29. The van der Waals surface area contributed by atoms with Gasteiger partial charge in [-0.15, -0.1) is 0 Å². The van der Waals surface area contributed by atoms with Crippen molar-refractivity contribution in [1.82, 2.24) is 15.3 Å². The first kappa shape index (κ1) is 19.3. The number of anilines is 1. The first-order valence-electron chi connectivity index (χ1n) is 11.1. The summed E-state index contributed by atoms with van der Waals surface area (Å²) in [5.74, 6) is 1.81. The highest BCUT2D eigenvalue weighted by Gasteiger charge is 2.22. The maximum atomic E-state index is 5.33. The van der Waals surface area contributed by atoms with Crippen LogP contribution in [0, 0.1) is 6.92 Å². The van der Waals surface area contributed by atoms with Gasteiger partial charge < -0.3 is 15.0 Å². The summed E-state index contributed by atoms with van der Waals surface area (Å²) in [4.78, 5) is 12.2. The summed E-state index contributed by atoms with van der Waals surface area (Å²) in [6, 6.07) is 13.4. The van der Waals surface area contributed by atoms with E-state index in [9.17, 15) is 0 Å². The molecule has 0 saturated carbocycles. The Balaban J connectivity index is 1.24. The first-order valence-corrected chi connectivity index (χ1v) is 11.1. The van der Waals surface area contributed by atoms with Gasteiger partial charge in [0, 0.05) is 31.1 Å². The van der Waals surface area contributed by atoms with Crippen LogP contribution in [0.1, 0.15) is 41.6 Å². The number of ether oxygens (including phenoxy) is 1. The van der Waals surface area contributed by atoms with Crippen molar-refractivity contribution in [3.63, 3.8) is 0 Å². The van der Waals surface area contributed by atoms with Crippen LogP contribution in [0.4, 0.5) is 5.95 Å². The smallest absolute Gasteiger partial charge is 0.226 e. The van der Waals surface area contributed by atoms with Gasteiger partial charge in [0.05, 0.1) is 18.3 Å². The van der Waals surface area contributed by atoms with E-state index < -0.39 is 0 Å². The standard InChI is InChI=1S/C25H30N4O/c1-17-23-14-19-6-4-7-20(19)15-24(23)28-25(27-17)29-11-9-21(10-12-29)26-16-18-5-3-8-22(13-18)30-2/h3,5,8,13-15,21,26H,4,6-7,9-12,16H2,1-2H3. The first-order chi connectivity index (χ1) is 14.7. The monoisotopic (exact) mass is 402 g/mol. The van der Waals surface area contributed by atoms with Crippen molar-refractivity contribution in [1.29, 1.82) is 0 Å². The van der Waals surface area contributed by atoms with Crippen LogP contribution in [0.2, 0.25) is 0 Å². The van der Waals surface area contributed by atoms with Gasteiger partial charge in [0.1, 0.15) is 5.75 Å². The zero-order valence-corrected chi connectivity index (χ0v) is 17.9. The summed E-state index contributed by atoms with van der Waals surface area (Å²) in [5.41, 5.74) is 6.44. The van der Waals surface area contributed by atoms with Crippen LogP contribution in [-0.2, 0) is 19.4 Å². The second-order valence-electron chi connectivity index (χ2n) is 8.59. The van der Waals surface area contributed by atoms with Crippen LogP contribution in [0.25, 0.3) is 10.9 Å². The molecule has 0 atom stereocenters. The largest absolute Gasteiger partial charge is 0.497 e. The Kier molecular flexibility index (Phi) is 5.30. The number of hydrogen-bond donors (Lipinski definition) is 1. The minimum absolute atomic E-state index is 0.525. The van der Waals surface area contributed by atoms with Gasteiger partial charge in [0.2, 0.25) is 5.95 Å². The molecule has 2 aliphatic rings. The number of rotatable bonds is 5. The number of aryl methyl sites for hydroxylation is 3. The van der Waals surface area contributed by atoms with E-state index in [1.165, 1.54) is 41.3 Å². The van der Waals surface area contributed by atoms with Gasteiger partial charge in [0.15, 0.2) is 0 Å². The van der Waals surface area contributed by atoms with Crippen LogP contribution >= 0.6 is 0 Å². The minimum atomic E-state index is 0.525. The van der Waals surface area contributed by atoms with Crippen molar-refractivity contribution in [3.05, 3.63) is 58.8 Å². The topological polar surface area (TPSA) is 50.3 Å². The molecule has 0 radical (unpaired) electrons. The van der Waals surface area contributed by atoms with E-state index in [-0.39, 0.29) is 0 Å². The third kappa shape index (κ3) is 3.86. The molecule has 0 bridgehead atoms. The van der Waals surface area contributed by atoms with E-state index in [0.29, 0.717) is 6.04 Å². The fourth-order valence-corrected chi connectivity index (χ4v) is 4.81. The van der Waals surface area contributed by atoms with Crippen molar-refractivity contribution in [3.8, 4) is 5.75 Å². The van der Waals surface area contributed by atoms with Gasteiger partial charge in [-0.3, -0.25) is 0 Å². The molecule has 1 N–H and O–H groups in total. The number of aromatic nitrogens is 2. The second-order valence-corrected chi connectivity index (χ2v) is 8.59. The highest BCUT2D eigenvalue weighted by molar-refractivity contribution is 5.84. The third-order valence-corrected chi connectivity index (χ3v) is 6.59. The summed E-state index contributed by atoms with van der Waals surface area (Å²) in [6.45, 7) is 4.98. The van der Waals surface area contributed by atoms with Gasteiger partial charge in [-0.25, -0.2) is 9.97 Å². The lowest BCUT2D eigenvalue weighted by Crippen LogP contribution is -2.43. The summed E-state index contributed by atoms with van der Waals surface area (Å²) >= 11 is 0. The zero-order chi connectivity index (χ0) is 20.5. The summed E-state index contributed by atoms with van der Waals surface area (Å²) in [7, 11) is 1.71. The average Bonchev–Trinajstić information content (AvgIpc) is 3.24. The fraction of sp³-hybridized carbons (Fsp3) is 0.440. The van der Waals surface area contributed by atoms with Crippen LogP contribution < -0.4 is 15.0 Å². The molecule has 0 amide bonds. The van der Waals surface area contributed by atoms with Crippen molar-refractivity contribution in [2.45, 2.75) is 51.6 Å². The summed E-state index contributed by atoms with van der Waals surface area (Å²) in [6.07, 6.45) is 5.86. The Labute approximate surface area is 178 Å². The van der Waals surface area contributed by atoms with Crippen molar-refractivity contribution in [2.24, 2.45) is 0 Å². The molecule has 1 fully saturated rings. The van der Waals surface area contributed by atoms with E-state index in [2.05, 4.69) is 41.4 Å². The lowest BCUT2D eigenvalue weighted by atomic mass is 10.0. The van der Waals surface area contributed by atoms with Gasteiger partial charge in [-0.05, 0) is 80.0 Å². The summed E-state index contributed by atoms with van der Waals surface area (Å²) < 4.78 is 5.33. The van der Waals surface area contributed by atoms with E-state index in [1.807, 2.05) is 12.1 Å². The highest BCUT2D eigenvalue weighted by atomic mass is 16.5. The van der Waals surface area contributed by atoms with Crippen LogP contribution in [0.3, 0.4) is 0 Å². The van der Waals surface area contributed by atoms with Gasteiger partial charge in [-0.1, -0.05) is 12.1 Å². The summed E-state index contributed by atoms with van der Waals surface area (Å²) in [5, 5.41) is 4.92. The maximum Gasteiger partial charge on any atom is 0.226 e. The predicted octanol–water partition coefficient (Wildman–Crippen LogP) is 4.19. The van der Waals surface area contributed by atoms with E-state index >= 15 is 0 Å². The van der Waals surface area contributed by atoms with E-state index in [4.69, 9.17) is 14.7 Å². The molecule has 5 rings (SSSR count). The molecule has 1 aliphatic heterocycles. The molecule has 3 aromatic rings. The molecule has 0 unspecified atom stereocenters. The molecule has 1 aromatic heterocycles. The third-order valence-electron chi connectivity index (χ3n) is 6.59. The molecule has 0 spiro atoms. The maximum absolute atomic E-state index is 5.33. The number of piperidine rings is 1. The Morgan fingerprint density at radius 2 is 1.87 bits per heavy atom. The Bertz CT molecular complexity index is 1060. The molecule has 156 valence electrons. The van der Waals surface area contributed by atoms with Crippen molar-refractivity contribution in [2.75, 3.05) is 25.1 Å². The molecule has 5 heteroatoms. The SMILES string of the molecule is COc1cccc(CNC2CCN(c3nc(C)c4cc5c(cc4n3)CCC5)CC2)c1. The van der Waals surface area contributed by atoms with Crippen LogP contribution in [0.15, 0.2) is 36.4 Å².